The molecular weight excluding hydrogens is 298 g/mol. The maximum atomic E-state index is 12.1. The standard InChI is InChI=1S/C20H37N3O/c1-16(2)20(24)23-14-8-19(9-15-23)22-12-6-18(7-13-22)21-10-4-17(3)5-11-21/h16-19H,4-15H2,1-3H3. The Bertz CT molecular complexity index is 401. The lowest BCUT2D eigenvalue weighted by atomic mass is 9.93. The second-order valence-electron chi connectivity index (χ2n) is 8.70. The predicted molar refractivity (Wildman–Crippen MR) is 99.0 cm³/mol. The van der Waals surface area contributed by atoms with Crippen molar-refractivity contribution in [2.75, 3.05) is 39.3 Å². The molecule has 24 heavy (non-hydrogen) atoms. The molecule has 0 aromatic heterocycles. The summed E-state index contributed by atoms with van der Waals surface area (Å²) < 4.78 is 0. The third-order valence-electron chi connectivity index (χ3n) is 6.62. The maximum Gasteiger partial charge on any atom is 0.225 e. The summed E-state index contributed by atoms with van der Waals surface area (Å²) in [5.41, 5.74) is 0. The number of rotatable bonds is 3. The van der Waals surface area contributed by atoms with Crippen LogP contribution < -0.4 is 0 Å². The molecule has 0 aromatic carbocycles. The van der Waals surface area contributed by atoms with Gasteiger partial charge in [-0.3, -0.25) is 4.79 Å². The number of amides is 1. The maximum absolute atomic E-state index is 12.1. The highest BCUT2D eigenvalue weighted by atomic mass is 16.2. The zero-order valence-electron chi connectivity index (χ0n) is 16.0. The minimum Gasteiger partial charge on any atom is -0.342 e. The Morgan fingerprint density at radius 2 is 1.17 bits per heavy atom. The van der Waals surface area contributed by atoms with E-state index in [1.165, 1.54) is 64.7 Å². The molecule has 138 valence electrons. The van der Waals surface area contributed by atoms with Gasteiger partial charge in [-0.25, -0.2) is 0 Å². The van der Waals surface area contributed by atoms with Gasteiger partial charge in [-0.2, -0.15) is 0 Å². The molecule has 3 saturated heterocycles. The smallest absolute Gasteiger partial charge is 0.225 e. The highest BCUT2D eigenvalue weighted by Gasteiger charge is 2.32. The Morgan fingerprint density at radius 3 is 1.62 bits per heavy atom. The number of hydrogen-bond donors (Lipinski definition) is 0. The highest BCUT2D eigenvalue weighted by molar-refractivity contribution is 5.78. The van der Waals surface area contributed by atoms with Gasteiger partial charge in [0.25, 0.3) is 0 Å². The van der Waals surface area contributed by atoms with Crippen molar-refractivity contribution in [1.82, 2.24) is 14.7 Å². The van der Waals surface area contributed by atoms with E-state index in [-0.39, 0.29) is 5.92 Å². The summed E-state index contributed by atoms with van der Waals surface area (Å²) in [6.45, 7) is 13.5. The molecule has 3 fully saturated rings. The molecule has 0 N–H and O–H groups in total. The Labute approximate surface area is 148 Å². The molecule has 4 nitrogen and oxygen atoms in total. The monoisotopic (exact) mass is 335 g/mol. The van der Waals surface area contributed by atoms with Crippen molar-refractivity contribution in [3.8, 4) is 0 Å². The Hall–Kier alpha value is -0.610. The van der Waals surface area contributed by atoms with E-state index in [1.807, 2.05) is 13.8 Å². The highest BCUT2D eigenvalue weighted by Crippen LogP contribution is 2.26. The third-order valence-corrected chi connectivity index (χ3v) is 6.62. The topological polar surface area (TPSA) is 26.8 Å². The van der Waals surface area contributed by atoms with Crippen LogP contribution >= 0.6 is 0 Å². The summed E-state index contributed by atoms with van der Waals surface area (Å²) >= 11 is 0. The van der Waals surface area contributed by atoms with Gasteiger partial charge < -0.3 is 14.7 Å². The summed E-state index contributed by atoms with van der Waals surface area (Å²) in [6.07, 6.45) is 7.82. The number of nitrogens with zero attached hydrogens (tertiary/aromatic N) is 3. The molecule has 3 aliphatic rings. The molecule has 3 heterocycles. The quantitative estimate of drug-likeness (QED) is 0.793. The van der Waals surface area contributed by atoms with Crippen LogP contribution in [-0.2, 0) is 4.79 Å². The van der Waals surface area contributed by atoms with Crippen molar-refractivity contribution in [2.45, 2.75) is 71.4 Å². The fraction of sp³-hybridized carbons (Fsp3) is 0.950. The first-order valence-corrected chi connectivity index (χ1v) is 10.3. The second kappa shape index (κ2) is 8.18. The first-order valence-electron chi connectivity index (χ1n) is 10.3. The molecule has 4 heteroatoms. The second-order valence-corrected chi connectivity index (χ2v) is 8.70. The molecule has 0 aliphatic carbocycles. The van der Waals surface area contributed by atoms with Gasteiger partial charge in [0.05, 0.1) is 0 Å². The fourth-order valence-corrected chi connectivity index (χ4v) is 4.83. The Morgan fingerprint density at radius 1 is 0.750 bits per heavy atom. The number of carbonyl (C=O) groups is 1. The van der Waals surface area contributed by atoms with Crippen LogP contribution in [0.2, 0.25) is 0 Å². The minimum atomic E-state index is 0.143. The van der Waals surface area contributed by atoms with E-state index >= 15 is 0 Å². The average molecular weight is 336 g/mol. The van der Waals surface area contributed by atoms with E-state index in [1.54, 1.807) is 0 Å². The zero-order chi connectivity index (χ0) is 17.1. The predicted octanol–water partition coefficient (Wildman–Crippen LogP) is 2.83. The molecule has 0 radical (unpaired) electrons. The van der Waals surface area contributed by atoms with E-state index in [4.69, 9.17) is 0 Å². The molecule has 1 amide bonds. The van der Waals surface area contributed by atoms with Crippen LogP contribution in [0.1, 0.15) is 59.3 Å². The van der Waals surface area contributed by atoms with Crippen LogP contribution in [0.15, 0.2) is 0 Å². The Balaban J connectivity index is 1.40. The van der Waals surface area contributed by atoms with E-state index in [0.717, 1.165) is 25.0 Å². The van der Waals surface area contributed by atoms with Gasteiger partial charge in [0.2, 0.25) is 5.91 Å². The van der Waals surface area contributed by atoms with Gasteiger partial charge in [-0.1, -0.05) is 20.8 Å². The van der Waals surface area contributed by atoms with Crippen molar-refractivity contribution in [1.29, 1.82) is 0 Å². The minimum absolute atomic E-state index is 0.143. The van der Waals surface area contributed by atoms with Gasteiger partial charge in [0.1, 0.15) is 0 Å². The number of likely N-dealkylation sites (tertiary alicyclic amines) is 3. The van der Waals surface area contributed by atoms with Crippen LogP contribution in [-0.4, -0.2) is 72.0 Å². The molecule has 0 atom stereocenters. The Kier molecular flexibility index (Phi) is 6.20. The van der Waals surface area contributed by atoms with Gasteiger partial charge in [-0.05, 0) is 70.6 Å². The van der Waals surface area contributed by atoms with Crippen LogP contribution in [0, 0.1) is 11.8 Å². The lowest BCUT2D eigenvalue weighted by molar-refractivity contribution is -0.136. The molecule has 0 unspecified atom stereocenters. The molecule has 3 aliphatic heterocycles. The fourth-order valence-electron chi connectivity index (χ4n) is 4.83. The van der Waals surface area contributed by atoms with E-state index in [2.05, 4.69) is 21.6 Å². The number of carbonyl (C=O) groups excluding carboxylic acids is 1. The molecule has 3 rings (SSSR count). The SMILES string of the molecule is CC1CCN(C2CCN(C3CCN(C(=O)C(C)C)CC3)CC2)CC1. The summed E-state index contributed by atoms with van der Waals surface area (Å²) in [4.78, 5) is 19.7. The summed E-state index contributed by atoms with van der Waals surface area (Å²) in [7, 11) is 0. The molecule has 0 bridgehead atoms. The number of hydrogen-bond acceptors (Lipinski definition) is 3. The van der Waals surface area contributed by atoms with Crippen LogP contribution in [0.3, 0.4) is 0 Å². The normalized spacial score (nSPS) is 27.1. The third kappa shape index (κ3) is 4.32. The van der Waals surface area contributed by atoms with Crippen LogP contribution in [0.4, 0.5) is 0 Å². The average Bonchev–Trinajstić information content (AvgIpc) is 2.62. The lowest BCUT2D eigenvalue weighted by Gasteiger charge is -2.45. The van der Waals surface area contributed by atoms with Gasteiger partial charge in [0, 0.05) is 31.1 Å². The molecule has 0 spiro atoms. The van der Waals surface area contributed by atoms with Gasteiger partial charge >= 0.3 is 0 Å². The number of piperidine rings is 3. The molecule has 0 saturated carbocycles. The molecular formula is C20H37N3O. The van der Waals surface area contributed by atoms with Crippen molar-refractivity contribution in [2.24, 2.45) is 11.8 Å². The zero-order valence-corrected chi connectivity index (χ0v) is 16.0. The van der Waals surface area contributed by atoms with Crippen LogP contribution in [0.5, 0.6) is 0 Å². The summed E-state index contributed by atoms with van der Waals surface area (Å²) in [5, 5.41) is 0. The first-order chi connectivity index (χ1) is 11.5. The van der Waals surface area contributed by atoms with E-state index < -0.39 is 0 Å². The van der Waals surface area contributed by atoms with Crippen molar-refractivity contribution in [3.63, 3.8) is 0 Å². The van der Waals surface area contributed by atoms with Gasteiger partial charge in [0.15, 0.2) is 0 Å². The van der Waals surface area contributed by atoms with Crippen molar-refractivity contribution < 1.29 is 4.79 Å². The van der Waals surface area contributed by atoms with E-state index in [9.17, 15) is 4.79 Å². The van der Waals surface area contributed by atoms with Crippen molar-refractivity contribution in [3.05, 3.63) is 0 Å². The summed E-state index contributed by atoms with van der Waals surface area (Å²) in [6, 6.07) is 1.54. The largest absolute Gasteiger partial charge is 0.342 e. The molecule has 0 aromatic rings. The van der Waals surface area contributed by atoms with Crippen molar-refractivity contribution >= 4 is 5.91 Å². The van der Waals surface area contributed by atoms with Gasteiger partial charge in [-0.15, -0.1) is 0 Å². The van der Waals surface area contributed by atoms with Crippen LogP contribution in [0.25, 0.3) is 0 Å². The summed E-state index contributed by atoms with van der Waals surface area (Å²) in [5.74, 6) is 1.41. The van der Waals surface area contributed by atoms with E-state index in [0.29, 0.717) is 11.9 Å². The first kappa shape index (κ1) is 18.2. The lowest BCUT2D eigenvalue weighted by Crippen LogP contribution is -2.53.